The van der Waals surface area contributed by atoms with Gasteiger partial charge in [-0.1, -0.05) is 19.1 Å². The lowest BCUT2D eigenvalue weighted by Crippen LogP contribution is -1.93. The molecular formula is C5H8. The zero-order valence-electron chi connectivity index (χ0n) is 3.44. The lowest BCUT2D eigenvalue weighted by Gasteiger charge is -2.08. The molecule has 0 bridgehead atoms. The monoisotopic (exact) mass is 68.1 g/mol. The molecule has 1 rings (SSSR count). The van der Waals surface area contributed by atoms with Crippen LogP contribution in [0.25, 0.3) is 0 Å². The van der Waals surface area contributed by atoms with E-state index in [1.54, 1.807) is 0 Å². The van der Waals surface area contributed by atoms with Crippen LogP contribution in [0.4, 0.5) is 0 Å². The number of hydrogen-bond donors (Lipinski definition) is 0. The molecule has 0 saturated heterocycles. The Bertz CT molecular complexity index is 53.1. The van der Waals surface area contributed by atoms with E-state index in [4.69, 9.17) is 0 Å². The largest absolute Gasteiger partial charge is 0.0877 e. The Morgan fingerprint density at radius 3 is 2.20 bits per heavy atom. The van der Waals surface area contributed by atoms with Crippen molar-refractivity contribution in [2.45, 2.75) is 13.3 Å². The molecule has 0 aliphatic heterocycles. The second kappa shape index (κ2) is 0.852. The Labute approximate surface area is 32.5 Å². The summed E-state index contributed by atoms with van der Waals surface area (Å²) < 4.78 is 0. The van der Waals surface area contributed by atoms with E-state index in [1.807, 2.05) is 0 Å². The zero-order chi connectivity index (χ0) is 3.70. The molecule has 0 heterocycles. The van der Waals surface area contributed by atoms with Crippen molar-refractivity contribution in [1.82, 2.24) is 0 Å². The molecule has 1 aliphatic carbocycles. The van der Waals surface area contributed by atoms with E-state index in [0.717, 1.165) is 5.92 Å². The second-order valence-corrected chi connectivity index (χ2v) is 1.64. The van der Waals surface area contributed by atoms with Gasteiger partial charge in [0.15, 0.2) is 0 Å². The van der Waals surface area contributed by atoms with Crippen LogP contribution in [0.3, 0.4) is 0 Å². The fourth-order valence-electron chi connectivity index (χ4n) is 0.408. The van der Waals surface area contributed by atoms with Gasteiger partial charge in [0, 0.05) is 0 Å². The predicted octanol–water partition coefficient (Wildman–Crippen LogP) is 1.58. The third kappa shape index (κ3) is 0.344. The quantitative estimate of drug-likeness (QED) is 0.378. The van der Waals surface area contributed by atoms with Crippen molar-refractivity contribution in [3.63, 3.8) is 0 Å². The summed E-state index contributed by atoms with van der Waals surface area (Å²) in [6, 6.07) is 0. The van der Waals surface area contributed by atoms with E-state index < -0.39 is 0 Å². The van der Waals surface area contributed by atoms with Crippen LogP contribution in [0.1, 0.15) is 13.3 Å². The molecule has 0 unspecified atom stereocenters. The van der Waals surface area contributed by atoms with Crippen LogP contribution in [0.5, 0.6) is 0 Å². The van der Waals surface area contributed by atoms with Crippen molar-refractivity contribution in [3.8, 4) is 0 Å². The van der Waals surface area contributed by atoms with Crippen LogP contribution >= 0.6 is 0 Å². The van der Waals surface area contributed by atoms with E-state index >= 15 is 0 Å². The maximum Gasteiger partial charge on any atom is -0.0227 e. The summed E-state index contributed by atoms with van der Waals surface area (Å²) >= 11 is 0. The highest BCUT2D eigenvalue weighted by atomic mass is 14.0. The first-order valence-electron chi connectivity index (χ1n) is 2.06. The Balaban J connectivity index is 2.39. The van der Waals surface area contributed by atoms with Crippen LogP contribution < -0.4 is 0 Å². The van der Waals surface area contributed by atoms with Gasteiger partial charge in [-0.15, -0.1) is 0 Å². The van der Waals surface area contributed by atoms with Gasteiger partial charge in [0.1, 0.15) is 0 Å². The summed E-state index contributed by atoms with van der Waals surface area (Å²) in [5.74, 6) is 0.884. The molecule has 0 spiro atoms. The second-order valence-electron chi connectivity index (χ2n) is 1.64. The first-order chi connectivity index (χ1) is 2.39. The smallest absolute Gasteiger partial charge is 0.0227 e. The Hall–Kier alpha value is -0.260. The first-order valence-corrected chi connectivity index (χ1v) is 2.06. The summed E-state index contributed by atoms with van der Waals surface area (Å²) in [4.78, 5) is 0. The SMILES string of the molecule is C[C@H]1C=CC1. The molecule has 0 heteroatoms. The third-order valence-electron chi connectivity index (χ3n) is 0.972. The fourth-order valence-corrected chi connectivity index (χ4v) is 0.408. The molecule has 1 atom stereocenters. The third-order valence-corrected chi connectivity index (χ3v) is 0.972. The van der Waals surface area contributed by atoms with E-state index in [9.17, 15) is 0 Å². The van der Waals surface area contributed by atoms with Gasteiger partial charge in [0.05, 0.1) is 0 Å². The molecule has 0 N–H and O–H groups in total. The number of hydrogen-bond acceptors (Lipinski definition) is 0. The molecule has 0 aromatic rings. The fraction of sp³-hybridized carbons (Fsp3) is 0.600. The van der Waals surface area contributed by atoms with Gasteiger partial charge in [-0.2, -0.15) is 0 Å². The highest BCUT2D eigenvalue weighted by molar-refractivity contribution is 4.99. The van der Waals surface area contributed by atoms with Crippen LogP contribution in [0.15, 0.2) is 12.2 Å². The predicted molar refractivity (Wildman–Crippen MR) is 22.9 cm³/mol. The molecule has 1 aliphatic rings. The van der Waals surface area contributed by atoms with E-state index in [-0.39, 0.29) is 0 Å². The minimum atomic E-state index is 0.884. The van der Waals surface area contributed by atoms with Gasteiger partial charge in [-0.05, 0) is 12.3 Å². The zero-order valence-corrected chi connectivity index (χ0v) is 3.44. The van der Waals surface area contributed by atoms with Crippen LogP contribution in [0.2, 0.25) is 0 Å². The normalized spacial score (nSPS) is 33.4. The van der Waals surface area contributed by atoms with Crippen molar-refractivity contribution in [2.24, 2.45) is 5.92 Å². The standard InChI is InChI=1S/C5H8/c1-5-3-2-4-5/h2-3,5H,4H2,1H3/t5-/m0/s1. The maximum absolute atomic E-state index is 2.22. The van der Waals surface area contributed by atoms with Crippen LogP contribution in [-0.4, -0.2) is 0 Å². The molecule has 5 heavy (non-hydrogen) atoms. The molecule has 0 aromatic heterocycles. The minimum absolute atomic E-state index is 0.884. The maximum atomic E-state index is 2.22. The number of allylic oxidation sites excluding steroid dienone is 2. The van der Waals surface area contributed by atoms with Gasteiger partial charge in [-0.3, -0.25) is 0 Å². The number of rotatable bonds is 0. The summed E-state index contributed by atoms with van der Waals surface area (Å²) in [5.41, 5.74) is 0. The molecule has 0 amide bonds. The van der Waals surface area contributed by atoms with Gasteiger partial charge < -0.3 is 0 Å². The Morgan fingerprint density at radius 1 is 1.80 bits per heavy atom. The van der Waals surface area contributed by atoms with Gasteiger partial charge >= 0.3 is 0 Å². The molecule has 0 saturated carbocycles. The van der Waals surface area contributed by atoms with Gasteiger partial charge in [-0.25, -0.2) is 0 Å². The van der Waals surface area contributed by atoms with Crippen molar-refractivity contribution in [3.05, 3.63) is 12.2 Å². The average Bonchev–Trinajstić information content (AvgIpc) is 1.30. The molecule has 0 radical (unpaired) electrons. The van der Waals surface area contributed by atoms with Crippen LogP contribution in [-0.2, 0) is 0 Å². The molecule has 0 nitrogen and oxygen atoms in total. The van der Waals surface area contributed by atoms with Gasteiger partial charge in [0.2, 0.25) is 0 Å². The molecule has 28 valence electrons. The van der Waals surface area contributed by atoms with Crippen molar-refractivity contribution in [1.29, 1.82) is 0 Å². The van der Waals surface area contributed by atoms with Crippen molar-refractivity contribution < 1.29 is 0 Å². The van der Waals surface area contributed by atoms with Gasteiger partial charge in [0.25, 0.3) is 0 Å². The lowest BCUT2D eigenvalue weighted by atomic mass is 9.98. The lowest BCUT2D eigenvalue weighted by molar-refractivity contribution is 0.681. The van der Waals surface area contributed by atoms with E-state index in [0.29, 0.717) is 0 Å². The summed E-state index contributed by atoms with van der Waals surface area (Å²) in [6.45, 7) is 2.22. The molecule has 0 aromatic carbocycles. The Morgan fingerprint density at radius 2 is 2.20 bits per heavy atom. The molecule has 0 fully saturated rings. The van der Waals surface area contributed by atoms with Crippen molar-refractivity contribution >= 4 is 0 Å². The summed E-state index contributed by atoms with van der Waals surface area (Å²) in [7, 11) is 0. The summed E-state index contributed by atoms with van der Waals surface area (Å²) in [6.07, 6.45) is 5.73. The highest BCUT2D eigenvalue weighted by Gasteiger charge is 1.98. The molecular weight excluding hydrogens is 60.1 g/mol. The van der Waals surface area contributed by atoms with E-state index in [1.165, 1.54) is 6.42 Å². The average molecular weight is 68.1 g/mol. The van der Waals surface area contributed by atoms with Crippen molar-refractivity contribution in [2.75, 3.05) is 0 Å². The van der Waals surface area contributed by atoms with E-state index in [2.05, 4.69) is 19.1 Å². The van der Waals surface area contributed by atoms with Crippen LogP contribution in [0, 0.1) is 5.92 Å². The summed E-state index contributed by atoms with van der Waals surface area (Å²) in [5, 5.41) is 0. The minimum Gasteiger partial charge on any atom is -0.0877 e. The highest BCUT2D eigenvalue weighted by Crippen LogP contribution is 2.13. The Kier molecular flexibility index (Phi) is 0.503. The topological polar surface area (TPSA) is 0 Å². The first kappa shape index (κ1) is 2.95.